The van der Waals surface area contributed by atoms with Gasteiger partial charge in [0.05, 0.1) is 11.7 Å². The number of ether oxygens (including phenoxy) is 1. The number of alkyl halides is 3. The molecule has 2 nitrogen and oxygen atoms in total. The molecule has 0 radical (unpaired) electrons. The molecule has 118 valence electrons. The summed E-state index contributed by atoms with van der Waals surface area (Å²) in [4.78, 5) is 0.290. The van der Waals surface area contributed by atoms with Crippen LogP contribution < -0.4 is 5.32 Å². The molecule has 0 amide bonds. The molecule has 1 atom stereocenters. The van der Waals surface area contributed by atoms with Gasteiger partial charge in [0.25, 0.3) is 0 Å². The largest absolute Gasteiger partial charge is 0.417 e. The number of benzene rings is 1. The molecule has 2 rings (SSSR count). The topological polar surface area (TPSA) is 21.3 Å². The Morgan fingerprint density at radius 1 is 1.38 bits per heavy atom. The maximum atomic E-state index is 13.2. The number of halogens is 3. The first-order valence-corrected chi connectivity index (χ1v) is 8.14. The predicted molar refractivity (Wildman–Crippen MR) is 78.5 cm³/mol. The summed E-state index contributed by atoms with van der Waals surface area (Å²) in [6, 6.07) is 4.59. The van der Waals surface area contributed by atoms with E-state index >= 15 is 0 Å². The number of hydrogen-bond acceptors (Lipinski definition) is 3. The third kappa shape index (κ3) is 4.90. The van der Waals surface area contributed by atoms with E-state index in [9.17, 15) is 13.2 Å². The van der Waals surface area contributed by atoms with Crippen LogP contribution in [0.5, 0.6) is 0 Å². The molecular formula is C15H20F3NOS. The maximum Gasteiger partial charge on any atom is 0.417 e. The highest BCUT2D eigenvalue weighted by Gasteiger charge is 2.34. The first kappa shape index (κ1) is 16.6. The highest BCUT2D eigenvalue weighted by Crippen LogP contribution is 2.38. The van der Waals surface area contributed by atoms with E-state index in [1.54, 1.807) is 12.1 Å². The third-order valence-electron chi connectivity index (χ3n) is 3.38. The predicted octanol–water partition coefficient (Wildman–Crippen LogP) is 4.09. The molecular weight excluding hydrogens is 299 g/mol. The molecule has 1 unspecified atom stereocenters. The fourth-order valence-corrected chi connectivity index (χ4v) is 3.39. The minimum atomic E-state index is -4.32. The first-order valence-electron chi connectivity index (χ1n) is 7.16. The van der Waals surface area contributed by atoms with E-state index in [0.717, 1.165) is 26.0 Å². The quantitative estimate of drug-likeness (QED) is 0.798. The molecule has 0 bridgehead atoms. The average Bonchev–Trinajstić information content (AvgIpc) is 2.95. The number of rotatable bonds is 6. The Morgan fingerprint density at radius 3 is 2.81 bits per heavy atom. The maximum absolute atomic E-state index is 13.2. The second-order valence-corrected chi connectivity index (χ2v) is 6.12. The van der Waals surface area contributed by atoms with Gasteiger partial charge in [0.1, 0.15) is 0 Å². The van der Waals surface area contributed by atoms with Gasteiger partial charge < -0.3 is 10.1 Å². The van der Waals surface area contributed by atoms with Gasteiger partial charge in [0.15, 0.2) is 0 Å². The SMILES string of the molecule is CCNCc1ccc(SCC2CCCO2)c(C(F)(F)F)c1. The van der Waals surface area contributed by atoms with E-state index in [1.165, 1.54) is 17.8 Å². The van der Waals surface area contributed by atoms with Crippen LogP contribution >= 0.6 is 11.8 Å². The van der Waals surface area contributed by atoms with Crippen LogP contribution in [0.1, 0.15) is 30.9 Å². The molecule has 1 N–H and O–H groups in total. The van der Waals surface area contributed by atoms with Gasteiger partial charge in [0.2, 0.25) is 0 Å². The molecule has 0 spiro atoms. The van der Waals surface area contributed by atoms with Crippen LogP contribution in [-0.4, -0.2) is 25.0 Å². The van der Waals surface area contributed by atoms with Gasteiger partial charge >= 0.3 is 6.18 Å². The monoisotopic (exact) mass is 319 g/mol. The van der Waals surface area contributed by atoms with Crippen molar-refractivity contribution in [1.82, 2.24) is 5.32 Å². The Balaban J connectivity index is 2.10. The van der Waals surface area contributed by atoms with E-state index in [0.29, 0.717) is 22.8 Å². The van der Waals surface area contributed by atoms with Gasteiger partial charge in [-0.15, -0.1) is 11.8 Å². The van der Waals surface area contributed by atoms with Crippen molar-refractivity contribution in [1.29, 1.82) is 0 Å². The highest BCUT2D eigenvalue weighted by atomic mass is 32.2. The lowest BCUT2D eigenvalue weighted by atomic mass is 10.1. The van der Waals surface area contributed by atoms with Crippen molar-refractivity contribution in [2.75, 3.05) is 18.9 Å². The number of hydrogen-bond donors (Lipinski definition) is 1. The zero-order valence-corrected chi connectivity index (χ0v) is 12.8. The minimum Gasteiger partial charge on any atom is -0.377 e. The highest BCUT2D eigenvalue weighted by molar-refractivity contribution is 7.99. The Bertz CT molecular complexity index is 459. The van der Waals surface area contributed by atoms with Crippen LogP contribution in [-0.2, 0) is 17.5 Å². The number of thioether (sulfide) groups is 1. The Labute approximate surface area is 127 Å². The van der Waals surface area contributed by atoms with Gasteiger partial charge in [0, 0.05) is 23.8 Å². The van der Waals surface area contributed by atoms with Gasteiger partial charge in [-0.05, 0) is 37.1 Å². The van der Waals surface area contributed by atoms with Crippen molar-refractivity contribution in [2.45, 2.75) is 43.5 Å². The van der Waals surface area contributed by atoms with Gasteiger partial charge in [-0.25, -0.2) is 0 Å². The molecule has 1 aromatic rings. The van der Waals surface area contributed by atoms with Gasteiger partial charge in [-0.3, -0.25) is 0 Å². The summed E-state index contributed by atoms with van der Waals surface area (Å²) in [6.07, 6.45) is -2.30. The van der Waals surface area contributed by atoms with Crippen LogP contribution in [0, 0.1) is 0 Å². The Hall–Kier alpha value is -0.720. The van der Waals surface area contributed by atoms with E-state index in [-0.39, 0.29) is 6.10 Å². The Kier molecular flexibility index (Phi) is 5.96. The molecule has 1 fully saturated rings. The van der Waals surface area contributed by atoms with Crippen LogP contribution in [0.25, 0.3) is 0 Å². The van der Waals surface area contributed by atoms with Crippen molar-refractivity contribution in [3.63, 3.8) is 0 Å². The van der Waals surface area contributed by atoms with Crippen molar-refractivity contribution < 1.29 is 17.9 Å². The molecule has 0 saturated carbocycles. The molecule has 1 heterocycles. The molecule has 21 heavy (non-hydrogen) atoms. The fourth-order valence-electron chi connectivity index (χ4n) is 2.26. The zero-order valence-electron chi connectivity index (χ0n) is 12.0. The summed E-state index contributed by atoms with van der Waals surface area (Å²) >= 11 is 1.24. The smallest absolute Gasteiger partial charge is 0.377 e. The van der Waals surface area contributed by atoms with E-state index in [1.807, 2.05) is 6.92 Å². The Morgan fingerprint density at radius 2 is 2.19 bits per heavy atom. The van der Waals surface area contributed by atoms with Crippen LogP contribution in [0.4, 0.5) is 13.2 Å². The van der Waals surface area contributed by atoms with Gasteiger partial charge in [-0.2, -0.15) is 13.2 Å². The zero-order chi connectivity index (χ0) is 15.3. The second kappa shape index (κ2) is 7.51. The minimum absolute atomic E-state index is 0.0810. The summed E-state index contributed by atoms with van der Waals surface area (Å²) < 4.78 is 45.0. The summed E-state index contributed by atoms with van der Waals surface area (Å²) in [5.74, 6) is 0.579. The standard InChI is InChI=1S/C15H20F3NOS/c1-2-19-9-11-5-6-14(13(8-11)15(16,17)18)21-10-12-4-3-7-20-12/h5-6,8,12,19H,2-4,7,9-10H2,1H3. The summed E-state index contributed by atoms with van der Waals surface area (Å²) in [5.41, 5.74) is 0.117. The molecule has 0 aliphatic carbocycles. The number of nitrogens with one attached hydrogen (secondary N) is 1. The van der Waals surface area contributed by atoms with Crippen molar-refractivity contribution in [3.05, 3.63) is 29.3 Å². The van der Waals surface area contributed by atoms with E-state index in [2.05, 4.69) is 5.32 Å². The average molecular weight is 319 g/mol. The van der Waals surface area contributed by atoms with Crippen LogP contribution in [0.15, 0.2) is 23.1 Å². The van der Waals surface area contributed by atoms with E-state index in [4.69, 9.17) is 4.74 Å². The molecule has 1 aliphatic rings. The second-order valence-electron chi connectivity index (χ2n) is 5.05. The lowest BCUT2D eigenvalue weighted by Gasteiger charge is -2.16. The summed E-state index contributed by atoms with van der Waals surface area (Å²) in [6.45, 7) is 3.84. The van der Waals surface area contributed by atoms with E-state index < -0.39 is 11.7 Å². The molecule has 6 heteroatoms. The van der Waals surface area contributed by atoms with Crippen molar-refractivity contribution in [2.24, 2.45) is 0 Å². The third-order valence-corrected chi connectivity index (χ3v) is 4.58. The summed E-state index contributed by atoms with van der Waals surface area (Å²) in [7, 11) is 0. The van der Waals surface area contributed by atoms with Gasteiger partial charge in [-0.1, -0.05) is 13.0 Å². The summed E-state index contributed by atoms with van der Waals surface area (Å²) in [5, 5.41) is 3.05. The molecule has 1 saturated heterocycles. The normalized spacial score (nSPS) is 19.1. The lowest BCUT2D eigenvalue weighted by molar-refractivity contribution is -0.139. The first-order chi connectivity index (χ1) is 10.0. The van der Waals surface area contributed by atoms with Crippen LogP contribution in [0.3, 0.4) is 0 Å². The fraction of sp³-hybridized carbons (Fsp3) is 0.600. The van der Waals surface area contributed by atoms with Crippen molar-refractivity contribution >= 4 is 11.8 Å². The molecule has 1 aliphatic heterocycles. The molecule has 0 aromatic heterocycles. The van der Waals surface area contributed by atoms with Crippen LogP contribution in [0.2, 0.25) is 0 Å². The van der Waals surface area contributed by atoms with Crippen molar-refractivity contribution in [3.8, 4) is 0 Å². The lowest BCUT2D eigenvalue weighted by Crippen LogP contribution is -2.14. The molecule has 1 aromatic carbocycles.